The summed E-state index contributed by atoms with van der Waals surface area (Å²) in [4.78, 5) is 24.1. The van der Waals surface area contributed by atoms with Gasteiger partial charge in [-0.3, -0.25) is 9.59 Å². The molecule has 19 heavy (non-hydrogen) atoms. The predicted octanol–water partition coefficient (Wildman–Crippen LogP) is 3.29. The molecule has 1 fully saturated rings. The summed E-state index contributed by atoms with van der Waals surface area (Å²) in [6.07, 6.45) is 6.51. The topological polar surface area (TPSA) is 37.4 Å². The Balaban J connectivity index is 2.09. The van der Waals surface area contributed by atoms with Gasteiger partial charge in [-0.2, -0.15) is 0 Å². The fourth-order valence-electron chi connectivity index (χ4n) is 2.76. The molecule has 1 amide bonds. The van der Waals surface area contributed by atoms with Gasteiger partial charge in [0.05, 0.1) is 0 Å². The van der Waals surface area contributed by atoms with Crippen molar-refractivity contribution in [3.63, 3.8) is 0 Å². The Hall–Kier alpha value is -1.64. The van der Waals surface area contributed by atoms with Gasteiger partial charge in [0, 0.05) is 19.7 Å². The van der Waals surface area contributed by atoms with Gasteiger partial charge in [-0.05, 0) is 36.5 Å². The summed E-state index contributed by atoms with van der Waals surface area (Å²) in [6.45, 7) is 1.30. The van der Waals surface area contributed by atoms with E-state index in [9.17, 15) is 9.59 Å². The summed E-state index contributed by atoms with van der Waals surface area (Å²) in [5.74, 6) is -0.235. The smallest absolute Gasteiger partial charge is 0.293 e. The van der Waals surface area contributed by atoms with Crippen LogP contribution in [0.15, 0.2) is 24.3 Å². The van der Waals surface area contributed by atoms with Crippen LogP contribution in [0, 0.1) is 0 Å². The van der Waals surface area contributed by atoms with Crippen molar-refractivity contribution in [3.8, 4) is 0 Å². The van der Waals surface area contributed by atoms with Crippen molar-refractivity contribution >= 4 is 17.4 Å². The molecule has 0 spiro atoms. The Morgan fingerprint density at radius 2 is 1.63 bits per heavy atom. The van der Waals surface area contributed by atoms with E-state index in [0.717, 1.165) is 5.69 Å². The van der Waals surface area contributed by atoms with Gasteiger partial charge in [-0.25, -0.2) is 0 Å². The molecule has 2 rings (SSSR count). The molecular formula is C16H21NO2. The van der Waals surface area contributed by atoms with Crippen LogP contribution in [0.2, 0.25) is 0 Å². The SMILES string of the molecule is CC(=O)C(=O)N(C)c1ccc(C2CCCCC2)cc1. The van der Waals surface area contributed by atoms with Crippen LogP contribution in [0.5, 0.6) is 0 Å². The number of Topliss-reactive ketones (excluding diaryl/α,β-unsaturated/α-hetero) is 1. The Morgan fingerprint density at radius 3 is 2.16 bits per heavy atom. The van der Waals surface area contributed by atoms with Crippen molar-refractivity contribution in [2.45, 2.75) is 44.9 Å². The number of carbonyl (C=O) groups is 2. The van der Waals surface area contributed by atoms with Crippen molar-refractivity contribution in [1.82, 2.24) is 0 Å². The first-order chi connectivity index (χ1) is 9.09. The molecule has 0 N–H and O–H groups in total. The van der Waals surface area contributed by atoms with E-state index in [0.29, 0.717) is 5.92 Å². The number of carbonyl (C=O) groups excluding carboxylic acids is 2. The van der Waals surface area contributed by atoms with Gasteiger partial charge in [-0.15, -0.1) is 0 Å². The van der Waals surface area contributed by atoms with E-state index in [1.807, 2.05) is 12.1 Å². The molecule has 0 aromatic heterocycles. The number of benzene rings is 1. The molecule has 0 bridgehead atoms. The van der Waals surface area contributed by atoms with Crippen LogP contribution in [0.25, 0.3) is 0 Å². The number of hydrogen-bond donors (Lipinski definition) is 0. The van der Waals surface area contributed by atoms with Crippen molar-refractivity contribution in [2.24, 2.45) is 0 Å². The van der Waals surface area contributed by atoms with Gasteiger partial charge in [0.2, 0.25) is 5.78 Å². The van der Waals surface area contributed by atoms with E-state index in [1.165, 1.54) is 49.5 Å². The molecule has 102 valence electrons. The molecular weight excluding hydrogens is 238 g/mol. The molecule has 0 heterocycles. The first kappa shape index (κ1) is 13.8. The molecule has 3 nitrogen and oxygen atoms in total. The molecule has 0 atom stereocenters. The third-order valence-corrected chi connectivity index (χ3v) is 3.96. The Morgan fingerprint density at radius 1 is 1.05 bits per heavy atom. The van der Waals surface area contributed by atoms with Gasteiger partial charge >= 0.3 is 0 Å². The van der Waals surface area contributed by atoms with Crippen LogP contribution in [0.3, 0.4) is 0 Å². The third-order valence-electron chi connectivity index (χ3n) is 3.96. The second-order valence-electron chi connectivity index (χ2n) is 5.35. The summed E-state index contributed by atoms with van der Waals surface area (Å²) in [5.41, 5.74) is 2.13. The lowest BCUT2D eigenvalue weighted by Crippen LogP contribution is -2.31. The lowest BCUT2D eigenvalue weighted by molar-refractivity contribution is -0.134. The van der Waals surface area contributed by atoms with Crippen molar-refractivity contribution in [2.75, 3.05) is 11.9 Å². The zero-order chi connectivity index (χ0) is 13.8. The summed E-state index contributed by atoms with van der Waals surface area (Å²) in [5, 5.41) is 0. The van der Waals surface area contributed by atoms with E-state index < -0.39 is 11.7 Å². The molecule has 0 radical (unpaired) electrons. The highest BCUT2D eigenvalue weighted by Gasteiger charge is 2.18. The molecule has 1 saturated carbocycles. The highest BCUT2D eigenvalue weighted by molar-refractivity contribution is 6.40. The van der Waals surface area contributed by atoms with Crippen LogP contribution < -0.4 is 4.90 Å². The molecule has 0 saturated heterocycles. The minimum absolute atomic E-state index is 0.432. The fraction of sp³-hybridized carbons (Fsp3) is 0.500. The second-order valence-corrected chi connectivity index (χ2v) is 5.35. The Labute approximate surface area is 114 Å². The Kier molecular flexibility index (Phi) is 4.35. The van der Waals surface area contributed by atoms with Crippen LogP contribution in [-0.4, -0.2) is 18.7 Å². The van der Waals surface area contributed by atoms with Gasteiger partial charge in [0.1, 0.15) is 0 Å². The molecule has 1 aromatic carbocycles. The molecule has 3 heteroatoms. The number of anilines is 1. The zero-order valence-electron chi connectivity index (χ0n) is 11.7. The highest BCUT2D eigenvalue weighted by atomic mass is 16.2. The second kappa shape index (κ2) is 6.00. The first-order valence-electron chi connectivity index (χ1n) is 6.98. The first-order valence-corrected chi connectivity index (χ1v) is 6.98. The van der Waals surface area contributed by atoms with Crippen LogP contribution in [-0.2, 0) is 9.59 Å². The summed E-state index contributed by atoms with van der Waals surface area (Å²) >= 11 is 0. The molecule has 0 aliphatic heterocycles. The van der Waals surface area contributed by atoms with E-state index in [2.05, 4.69) is 12.1 Å². The highest BCUT2D eigenvalue weighted by Crippen LogP contribution is 2.33. The maximum atomic E-state index is 11.6. The number of likely N-dealkylation sites (N-methyl/N-ethyl adjacent to an activating group) is 1. The number of nitrogens with zero attached hydrogens (tertiary/aromatic N) is 1. The quantitative estimate of drug-likeness (QED) is 0.781. The number of ketones is 1. The summed E-state index contributed by atoms with van der Waals surface area (Å²) < 4.78 is 0. The summed E-state index contributed by atoms with van der Waals surface area (Å²) in [7, 11) is 1.64. The van der Waals surface area contributed by atoms with Crippen molar-refractivity contribution < 1.29 is 9.59 Å². The van der Waals surface area contributed by atoms with Gasteiger partial charge in [0.25, 0.3) is 5.91 Å². The molecule has 1 aromatic rings. The summed E-state index contributed by atoms with van der Waals surface area (Å²) in [6, 6.07) is 8.06. The maximum Gasteiger partial charge on any atom is 0.293 e. The van der Waals surface area contributed by atoms with E-state index in [1.54, 1.807) is 7.05 Å². The normalized spacial score (nSPS) is 16.1. The third kappa shape index (κ3) is 3.22. The lowest BCUT2D eigenvalue weighted by atomic mass is 9.84. The number of hydrogen-bond acceptors (Lipinski definition) is 2. The lowest BCUT2D eigenvalue weighted by Gasteiger charge is -2.23. The van der Waals surface area contributed by atoms with Crippen LogP contribution >= 0.6 is 0 Å². The zero-order valence-corrected chi connectivity index (χ0v) is 11.7. The number of amides is 1. The maximum absolute atomic E-state index is 11.6. The van der Waals surface area contributed by atoms with E-state index in [4.69, 9.17) is 0 Å². The minimum atomic E-state index is -0.467. The van der Waals surface area contributed by atoms with E-state index in [-0.39, 0.29) is 0 Å². The monoisotopic (exact) mass is 259 g/mol. The minimum Gasteiger partial charge on any atom is -0.309 e. The average molecular weight is 259 g/mol. The predicted molar refractivity (Wildman–Crippen MR) is 76.4 cm³/mol. The molecule has 1 aliphatic rings. The fourth-order valence-corrected chi connectivity index (χ4v) is 2.76. The average Bonchev–Trinajstić information content (AvgIpc) is 2.46. The molecule has 0 unspecified atom stereocenters. The van der Waals surface area contributed by atoms with Crippen LogP contribution in [0.4, 0.5) is 5.69 Å². The van der Waals surface area contributed by atoms with E-state index >= 15 is 0 Å². The van der Waals surface area contributed by atoms with Crippen molar-refractivity contribution in [1.29, 1.82) is 0 Å². The molecule has 1 aliphatic carbocycles. The standard InChI is InChI=1S/C16H21NO2/c1-12(18)16(19)17(2)15-10-8-14(9-11-15)13-6-4-3-5-7-13/h8-11,13H,3-7H2,1-2H3. The number of rotatable bonds is 3. The largest absolute Gasteiger partial charge is 0.309 e. The van der Waals surface area contributed by atoms with Gasteiger partial charge < -0.3 is 4.90 Å². The van der Waals surface area contributed by atoms with Gasteiger partial charge in [-0.1, -0.05) is 31.4 Å². The van der Waals surface area contributed by atoms with Gasteiger partial charge in [0.15, 0.2) is 0 Å². The van der Waals surface area contributed by atoms with Crippen molar-refractivity contribution in [3.05, 3.63) is 29.8 Å². The van der Waals surface area contributed by atoms with Crippen LogP contribution in [0.1, 0.15) is 50.5 Å². The Bertz CT molecular complexity index is 458.